The van der Waals surface area contributed by atoms with Crippen molar-refractivity contribution in [2.24, 2.45) is 0 Å². The molecule has 1 heterocycles. The lowest BCUT2D eigenvalue weighted by molar-refractivity contribution is 0.589. The fraction of sp³-hybridized carbons (Fsp3) is 0.167. The molecule has 0 amide bonds. The number of benzene rings is 2. The minimum absolute atomic E-state index is 0.0145. The zero-order valence-electron chi connectivity index (χ0n) is 12.4. The summed E-state index contributed by atoms with van der Waals surface area (Å²) in [4.78, 5) is 0.693. The molecule has 0 aliphatic carbocycles. The van der Waals surface area contributed by atoms with E-state index >= 15 is 0 Å². The summed E-state index contributed by atoms with van der Waals surface area (Å²) in [5, 5.41) is 9.40. The van der Waals surface area contributed by atoms with Crippen LogP contribution in [-0.2, 0) is 0 Å². The Morgan fingerprint density at radius 3 is 2.61 bits per heavy atom. The van der Waals surface area contributed by atoms with Crippen LogP contribution in [0.1, 0.15) is 29.7 Å². The molecule has 1 atom stereocenters. The molecule has 2 N–H and O–H groups in total. The van der Waals surface area contributed by atoms with Crippen LogP contribution in [0.4, 0.5) is 14.5 Å². The van der Waals surface area contributed by atoms with Crippen LogP contribution in [0, 0.1) is 17.1 Å². The molecule has 0 fully saturated rings. The van der Waals surface area contributed by atoms with E-state index in [4.69, 9.17) is 5.73 Å². The summed E-state index contributed by atoms with van der Waals surface area (Å²) in [5.74, 6) is -0.605. The SMILES string of the molecule is CC1=C(F)CC(c2ccc(-c3ccc(N)c(F)c3)c(C#N)c2)S1. The normalized spacial score (nSPS) is 17.4. The van der Waals surface area contributed by atoms with Crippen molar-refractivity contribution in [2.45, 2.75) is 18.6 Å². The van der Waals surface area contributed by atoms with Gasteiger partial charge >= 0.3 is 0 Å². The van der Waals surface area contributed by atoms with E-state index in [0.29, 0.717) is 28.0 Å². The van der Waals surface area contributed by atoms with Crippen molar-refractivity contribution < 1.29 is 8.78 Å². The summed E-state index contributed by atoms with van der Waals surface area (Å²) in [6, 6.07) is 12.0. The van der Waals surface area contributed by atoms with Gasteiger partial charge in [0.05, 0.1) is 17.3 Å². The van der Waals surface area contributed by atoms with E-state index in [-0.39, 0.29) is 16.8 Å². The molecule has 3 rings (SSSR count). The molecule has 0 bridgehead atoms. The molecule has 1 aliphatic rings. The Balaban J connectivity index is 1.98. The van der Waals surface area contributed by atoms with Crippen LogP contribution in [0.25, 0.3) is 11.1 Å². The highest BCUT2D eigenvalue weighted by Gasteiger charge is 2.25. The number of hydrogen-bond acceptors (Lipinski definition) is 3. The lowest BCUT2D eigenvalue weighted by Crippen LogP contribution is -1.95. The van der Waals surface area contributed by atoms with E-state index in [1.165, 1.54) is 23.9 Å². The summed E-state index contributed by atoms with van der Waals surface area (Å²) >= 11 is 1.47. The van der Waals surface area contributed by atoms with Crippen LogP contribution in [-0.4, -0.2) is 0 Å². The average molecular weight is 328 g/mol. The molecular formula is C18H14F2N2S. The number of nitrogens with zero attached hydrogens (tertiary/aromatic N) is 1. The summed E-state index contributed by atoms with van der Waals surface area (Å²) in [6.07, 6.45) is 0.344. The highest BCUT2D eigenvalue weighted by atomic mass is 32.2. The fourth-order valence-electron chi connectivity index (χ4n) is 2.61. The van der Waals surface area contributed by atoms with E-state index in [1.807, 2.05) is 6.07 Å². The maximum atomic E-state index is 13.7. The van der Waals surface area contributed by atoms with Gasteiger partial charge in [0.15, 0.2) is 0 Å². The largest absolute Gasteiger partial charge is 0.396 e. The molecule has 0 aromatic heterocycles. The molecule has 5 heteroatoms. The molecule has 116 valence electrons. The number of thioether (sulfide) groups is 1. The summed E-state index contributed by atoms with van der Waals surface area (Å²) < 4.78 is 27.3. The van der Waals surface area contributed by atoms with Crippen molar-refractivity contribution in [1.82, 2.24) is 0 Å². The Hall–Kier alpha value is -2.32. The Morgan fingerprint density at radius 2 is 2.00 bits per heavy atom. The molecule has 23 heavy (non-hydrogen) atoms. The first kappa shape index (κ1) is 15.6. The molecular weight excluding hydrogens is 314 g/mol. The smallest absolute Gasteiger partial charge is 0.146 e. The third-order valence-electron chi connectivity index (χ3n) is 3.91. The van der Waals surface area contributed by atoms with Crippen molar-refractivity contribution in [3.8, 4) is 17.2 Å². The topological polar surface area (TPSA) is 49.8 Å². The highest BCUT2D eigenvalue weighted by Crippen LogP contribution is 2.48. The summed E-state index contributed by atoms with van der Waals surface area (Å²) in [7, 11) is 0. The van der Waals surface area contributed by atoms with Gasteiger partial charge in [0.25, 0.3) is 0 Å². The van der Waals surface area contributed by atoms with Crippen molar-refractivity contribution in [1.29, 1.82) is 5.26 Å². The molecule has 1 aliphatic heterocycles. The van der Waals surface area contributed by atoms with Gasteiger partial charge in [-0.25, -0.2) is 8.78 Å². The van der Waals surface area contributed by atoms with Crippen molar-refractivity contribution in [3.05, 3.63) is 64.1 Å². The lowest BCUT2D eigenvalue weighted by atomic mass is 9.96. The number of rotatable bonds is 2. The lowest BCUT2D eigenvalue weighted by Gasteiger charge is -2.12. The Kier molecular flexibility index (Phi) is 4.10. The zero-order chi connectivity index (χ0) is 16.6. The first-order valence-corrected chi connectivity index (χ1v) is 7.99. The molecule has 2 aromatic rings. The second-order valence-corrected chi connectivity index (χ2v) is 6.84. The first-order chi connectivity index (χ1) is 11.0. The maximum Gasteiger partial charge on any atom is 0.146 e. The van der Waals surface area contributed by atoms with Gasteiger partial charge in [0, 0.05) is 16.6 Å². The number of allylic oxidation sites excluding steroid dienone is 2. The fourth-order valence-corrected chi connectivity index (χ4v) is 3.76. The molecule has 0 spiro atoms. The number of nitrogens with two attached hydrogens (primary N) is 1. The van der Waals surface area contributed by atoms with Gasteiger partial charge in [-0.15, -0.1) is 11.8 Å². The van der Waals surface area contributed by atoms with E-state index in [9.17, 15) is 14.0 Å². The van der Waals surface area contributed by atoms with Crippen molar-refractivity contribution in [3.63, 3.8) is 0 Å². The quantitative estimate of drug-likeness (QED) is 0.758. The molecule has 0 saturated carbocycles. The second kappa shape index (κ2) is 6.05. The van der Waals surface area contributed by atoms with Crippen LogP contribution >= 0.6 is 11.8 Å². The predicted molar refractivity (Wildman–Crippen MR) is 89.7 cm³/mol. The van der Waals surface area contributed by atoms with E-state index in [0.717, 1.165) is 5.56 Å². The van der Waals surface area contributed by atoms with Gasteiger partial charge in [-0.3, -0.25) is 0 Å². The second-order valence-electron chi connectivity index (χ2n) is 5.42. The highest BCUT2D eigenvalue weighted by molar-refractivity contribution is 8.03. The minimum Gasteiger partial charge on any atom is -0.396 e. The van der Waals surface area contributed by atoms with Crippen molar-refractivity contribution >= 4 is 17.4 Å². The minimum atomic E-state index is -0.510. The number of nitriles is 1. The first-order valence-electron chi connectivity index (χ1n) is 7.11. The van der Waals surface area contributed by atoms with Crippen LogP contribution in [0.2, 0.25) is 0 Å². The van der Waals surface area contributed by atoms with E-state index < -0.39 is 5.82 Å². The maximum absolute atomic E-state index is 13.7. The van der Waals surface area contributed by atoms with E-state index in [1.54, 1.807) is 25.1 Å². The molecule has 0 radical (unpaired) electrons. The zero-order valence-corrected chi connectivity index (χ0v) is 13.3. The van der Waals surface area contributed by atoms with Crippen molar-refractivity contribution in [2.75, 3.05) is 5.73 Å². The van der Waals surface area contributed by atoms with Crippen LogP contribution in [0.5, 0.6) is 0 Å². The third-order valence-corrected chi connectivity index (χ3v) is 5.21. The van der Waals surface area contributed by atoms with Gasteiger partial charge < -0.3 is 5.73 Å². The number of halogens is 2. The molecule has 2 aromatic carbocycles. The van der Waals surface area contributed by atoms with Crippen LogP contribution in [0.15, 0.2) is 47.1 Å². The molecule has 2 nitrogen and oxygen atoms in total. The molecule has 1 unspecified atom stereocenters. The van der Waals surface area contributed by atoms with Gasteiger partial charge in [-0.05, 0) is 41.8 Å². The Labute approximate surface area is 137 Å². The van der Waals surface area contributed by atoms with Crippen LogP contribution < -0.4 is 5.73 Å². The third kappa shape index (κ3) is 2.95. The predicted octanol–water partition coefficient (Wildman–Crippen LogP) is 5.33. The van der Waals surface area contributed by atoms with Gasteiger partial charge in [0.1, 0.15) is 11.6 Å². The Bertz CT molecular complexity index is 839. The van der Waals surface area contributed by atoms with Gasteiger partial charge in [0.2, 0.25) is 0 Å². The van der Waals surface area contributed by atoms with Gasteiger partial charge in [-0.1, -0.05) is 18.2 Å². The summed E-state index contributed by atoms with van der Waals surface area (Å²) in [5.41, 5.74) is 8.14. The summed E-state index contributed by atoms with van der Waals surface area (Å²) in [6.45, 7) is 1.76. The van der Waals surface area contributed by atoms with E-state index in [2.05, 4.69) is 6.07 Å². The molecule has 0 saturated heterocycles. The number of nitrogen functional groups attached to an aromatic ring is 1. The standard InChI is InChI=1S/C18H14F2N2S/c1-10-15(19)8-18(23-10)12-2-4-14(13(6-12)9-21)11-3-5-17(22)16(20)7-11/h2-7,18H,8,22H2,1H3. The van der Waals surface area contributed by atoms with Crippen LogP contribution in [0.3, 0.4) is 0 Å². The monoisotopic (exact) mass is 328 g/mol. The number of hydrogen-bond donors (Lipinski definition) is 1. The average Bonchev–Trinajstić information content (AvgIpc) is 2.89. The Morgan fingerprint density at radius 1 is 1.22 bits per heavy atom. The van der Waals surface area contributed by atoms with Gasteiger partial charge in [-0.2, -0.15) is 5.26 Å². The number of anilines is 1.